The summed E-state index contributed by atoms with van der Waals surface area (Å²) in [5.41, 5.74) is 0.608. The predicted octanol–water partition coefficient (Wildman–Crippen LogP) is 3.19. The van der Waals surface area contributed by atoms with Crippen molar-refractivity contribution in [3.63, 3.8) is 0 Å². The lowest BCUT2D eigenvalue weighted by molar-refractivity contribution is 0.0635. The second kappa shape index (κ2) is 5.67. The third kappa shape index (κ3) is 4.20. The average Bonchev–Trinajstić information content (AvgIpc) is 3.08. The molecule has 21 heavy (non-hydrogen) atoms. The molecule has 1 N–H and O–H groups in total. The summed E-state index contributed by atoms with van der Waals surface area (Å²) in [5, 5.41) is 7.25. The highest BCUT2D eigenvalue weighted by Gasteiger charge is 2.30. The van der Waals surface area contributed by atoms with Gasteiger partial charge in [-0.2, -0.15) is 5.10 Å². The number of ether oxygens (including phenoxy) is 1. The zero-order valence-corrected chi connectivity index (χ0v) is 13.8. The first-order chi connectivity index (χ1) is 9.67. The van der Waals surface area contributed by atoms with Crippen molar-refractivity contribution in [3.8, 4) is 0 Å². The Kier molecular flexibility index (Phi) is 4.27. The van der Waals surface area contributed by atoms with Crippen LogP contribution < -0.4 is 5.32 Å². The lowest BCUT2D eigenvalue weighted by atomic mass is 10.2. The standard InChI is InChI=1S/C15H26N4O2/c1-10(18(5)6)12-9-13(17-19(12)11-7-8-11)16-14(20)21-15(2,3)4/h9-11H,7-8H2,1-6H3,(H,16,17,20). The van der Waals surface area contributed by atoms with Gasteiger partial charge in [0.15, 0.2) is 5.82 Å². The van der Waals surface area contributed by atoms with Gasteiger partial charge in [0, 0.05) is 12.1 Å². The van der Waals surface area contributed by atoms with E-state index in [1.807, 2.05) is 45.6 Å². The van der Waals surface area contributed by atoms with E-state index in [0.717, 1.165) is 18.5 Å². The third-order valence-corrected chi connectivity index (χ3v) is 3.49. The molecule has 0 aliphatic heterocycles. The zero-order valence-electron chi connectivity index (χ0n) is 13.8. The summed E-state index contributed by atoms with van der Waals surface area (Å²) in [6, 6.07) is 2.65. The lowest BCUT2D eigenvalue weighted by Gasteiger charge is -2.20. The van der Waals surface area contributed by atoms with Crippen molar-refractivity contribution in [3.05, 3.63) is 11.8 Å². The van der Waals surface area contributed by atoms with Gasteiger partial charge in [0.1, 0.15) is 5.60 Å². The molecule has 0 aromatic carbocycles. The molecule has 1 aliphatic rings. The molecule has 1 saturated carbocycles. The minimum atomic E-state index is -0.511. The fourth-order valence-corrected chi connectivity index (χ4v) is 2.07. The van der Waals surface area contributed by atoms with Crippen LogP contribution >= 0.6 is 0 Å². The second-order valence-electron chi connectivity index (χ2n) is 6.90. The molecule has 6 nitrogen and oxygen atoms in total. The van der Waals surface area contributed by atoms with Gasteiger partial charge in [-0.15, -0.1) is 0 Å². The molecule has 0 radical (unpaired) electrons. The Morgan fingerprint density at radius 3 is 2.57 bits per heavy atom. The molecular weight excluding hydrogens is 268 g/mol. The summed E-state index contributed by atoms with van der Waals surface area (Å²) in [6.45, 7) is 7.66. The van der Waals surface area contributed by atoms with Gasteiger partial charge >= 0.3 is 6.09 Å². The molecule has 1 amide bonds. The fourth-order valence-electron chi connectivity index (χ4n) is 2.07. The minimum absolute atomic E-state index is 0.243. The summed E-state index contributed by atoms with van der Waals surface area (Å²) in [4.78, 5) is 14.0. The average molecular weight is 294 g/mol. The summed E-state index contributed by atoms with van der Waals surface area (Å²) in [5.74, 6) is 0.555. The Morgan fingerprint density at radius 1 is 1.48 bits per heavy atom. The van der Waals surface area contributed by atoms with Crippen LogP contribution in [0.2, 0.25) is 0 Å². The fraction of sp³-hybridized carbons (Fsp3) is 0.733. The molecule has 1 unspecified atom stereocenters. The zero-order chi connectivity index (χ0) is 15.8. The maximum absolute atomic E-state index is 11.8. The van der Waals surface area contributed by atoms with Crippen LogP contribution in [0.1, 0.15) is 58.3 Å². The molecule has 2 rings (SSSR count). The maximum atomic E-state index is 11.8. The smallest absolute Gasteiger partial charge is 0.413 e. The van der Waals surface area contributed by atoms with Crippen LogP contribution in [0.4, 0.5) is 10.6 Å². The summed E-state index contributed by atoms with van der Waals surface area (Å²) in [7, 11) is 4.08. The van der Waals surface area contributed by atoms with Crippen LogP contribution in [0.5, 0.6) is 0 Å². The molecule has 1 heterocycles. The second-order valence-corrected chi connectivity index (χ2v) is 6.90. The number of anilines is 1. The summed E-state index contributed by atoms with van der Waals surface area (Å²) >= 11 is 0. The lowest BCUT2D eigenvalue weighted by Crippen LogP contribution is -2.27. The van der Waals surface area contributed by atoms with Crippen molar-refractivity contribution in [1.82, 2.24) is 14.7 Å². The molecule has 1 atom stereocenters. The Labute approximate surface area is 126 Å². The van der Waals surface area contributed by atoms with E-state index in [0.29, 0.717) is 11.9 Å². The largest absolute Gasteiger partial charge is 0.444 e. The number of carbonyl (C=O) groups is 1. The van der Waals surface area contributed by atoms with E-state index in [-0.39, 0.29) is 6.04 Å². The third-order valence-electron chi connectivity index (χ3n) is 3.49. The van der Waals surface area contributed by atoms with Gasteiger partial charge in [-0.05, 0) is 54.6 Å². The van der Waals surface area contributed by atoms with Crippen molar-refractivity contribution in [1.29, 1.82) is 0 Å². The highest BCUT2D eigenvalue weighted by molar-refractivity contribution is 5.83. The number of carbonyl (C=O) groups excluding carboxylic acids is 1. The maximum Gasteiger partial charge on any atom is 0.413 e. The van der Waals surface area contributed by atoms with Crippen LogP contribution in [-0.4, -0.2) is 40.5 Å². The van der Waals surface area contributed by atoms with Gasteiger partial charge < -0.3 is 9.64 Å². The molecule has 1 aliphatic carbocycles. The van der Waals surface area contributed by atoms with Gasteiger partial charge in [0.25, 0.3) is 0 Å². The number of hydrogen-bond donors (Lipinski definition) is 1. The normalized spacial score (nSPS) is 16.9. The Hall–Kier alpha value is -1.56. The van der Waals surface area contributed by atoms with Crippen LogP contribution in [-0.2, 0) is 4.74 Å². The number of hydrogen-bond acceptors (Lipinski definition) is 4. The van der Waals surface area contributed by atoms with Crippen molar-refractivity contribution in [2.24, 2.45) is 0 Å². The van der Waals surface area contributed by atoms with E-state index in [1.165, 1.54) is 0 Å². The van der Waals surface area contributed by atoms with Crippen LogP contribution in [0.15, 0.2) is 6.07 Å². The van der Waals surface area contributed by atoms with Gasteiger partial charge in [0.05, 0.1) is 11.7 Å². The van der Waals surface area contributed by atoms with E-state index < -0.39 is 11.7 Å². The highest BCUT2D eigenvalue weighted by atomic mass is 16.6. The van der Waals surface area contributed by atoms with Crippen LogP contribution in [0.3, 0.4) is 0 Å². The molecule has 118 valence electrons. The molecule has 1 aromatic heterocycles. The molecule has 1 aromatic rings. The van der Waals surface area contributed by atoms with E-state index in [9.17, 15) is 4.79 Å². The number of amides is 1. The number of rotatable bonds is 4. The minimum Gasteiger partial charge on any atom is -0.444 e. The Balaban J connectivity index is 2.14. The first kappa shape index (κ1) is 15.8. The van der Waals surface area contributed by atoms with Gasteiger partial charge in [-0.25, -0.2) is 4.79 Å². The molecule has 0 bridgehead atoms. The quantitative estimate of drug-likeness (QED) is 0.926. The molecule has 1 fully saturated rings. The SMILES string of the molecule is CC(c1cc(NC(=O)OC(C)(C)C)nn1C1CC1)N(C)C. The monoisotopic (exact) mass is 294 g/mol. The van der Waals surface area contributed by atoms with Crippen LogP contribution in [0.25, 0.3) is 0 Å². The molecule has 0 saturated heterocycles. The highest BCUT2D eigenvalue weighted by Crippen LogP contribution is 2.38. The summed E-state index contributed by atoms with van der Waals surface area (Å²) in [6.07, 6.45) is 1.84. The van der Waals surface area contributed by atoms with Crippen molar-refractivity contribution in [2.45, 2.75) is 58.2 Å². The molecule has 6 heteroatoms. The van der Waals surface area contributed by atoms with Gasteiger partial charge in [0.2, 0.25) is 0 Å². The van der Waals surface area contributed by atoms with E-state index in [4.69, 9.17) is 4.74 Å². The summed E-state index contributed by atoms with van der Waals surface area (Å²) < 4.78 is 7.30. The molecule has 0 spiro atoms. The topological polar surface area (TPSA) is 59.4 Å². The van der Waals surface area contributed by atoms with Gasteiger partial charge in [-0.1, -0.05) is 0 Å². The van der Waals surface area contributed by atoms with Crippen molar-refractivity contribution >= 4 is 11.9 Å². The number of nitrogens with one attached hydrogen (secondary N) is 1. The number of aromatic nitrogens is 2. The van der Waals surface area contributed by atoms with E-state index >= 15 is 0 Å². The van der Waals surface area contributed by atoms with E-state index in [1.54, 1.807) is 0 Å². The van der Waals surface area contributed by atoms with Crippen molar-refractivity contribution in [2.75, 3.05) is 19.4 Å². The first-order valence-corrected chi connectivity index (χ1v) is 7.43. The number of nitrogens with zero attached hydrogens (tertiary/aromatic N) is 3. The molecular formula is C15H26N4O2. The van der Waals surface area contributed by atoms with Crippen LogP contribution in [0, 0.1) is 0 Å². The van der Waals surface area contributed by atoms with Gasteiger partial charge in [-0.3, -0.25) is 10.00 Å². The van der Waals surface area contributed by atoms with E-state index in [2.05, 4.69) is 22.2 Å². The van der Waals surface area contributed by atoms with Crippen molar-refractivity contribution < 1.29 is 9.53 Å². The Morgan fingerprint density at radius 2 is 2.10 bits per heavy atom. The first-order valence-electron chi connectivity index (χ1n) is 7.43. The Bertz CT molecular complexity index is 512. The predicted molar refractivity (Wildman–Crippen MR) is 82.5 cm³/mol.